The quantitative estimate of drug-likeness (QED) is 0.576. The van der Waals surface area contributed by atoms with Crippen molar-refractivity contribution >= 4 is 0 Å². The molecule has 0 aromatic heterocycles. The second kappa shape index (κ2) is 10.7. The van der Waals surface area contributed by atoms with E-state index in [1.807, 2.05) is 0 Å². The first-order valence-electron chi connectivity index (χ1n) is 7.39. The van der Waals surface area contributed by atoms with E-state index in [0.29, 0.717) is 6.61 Å². The molecule has 18 heavy (non-hydrogen) atoms. The van der Waals surface area contributed by atoms with E-state index in [9.17, 15) is 0 Å². The van der Waals surface area contributed by atoms with Crippen molar-refractivity contribution in [3.05, 3.63) is 0 Å². The average Bonchev–Trinajstić information content (AvgIpc) is 2.40. The lowest BCUT2D eigenvalue weighted by atomic mass is 9.97. The van der Waals surface area contributed by atoms with Gasteiger partial charge in [-0.05, 0) is 57.7 Å². The Morgan fingerprint density at radius 2 is 2.22 bits per heavy atom. The minimum atomic E-state index is 0.339. The highest BCUT2D eigenvalue weighted by Gasteiger charge is 2.18. The van der Waals surface area contributed by atoms with Crippen LogP contribution in [0, 0.1) is 5.92 Å². The highest BCUT2D eigenvalue weighted by molar-refractivity contribution is 4.74. The summed E-state index contributed by atoms with van der Waals surface area (Å²) in [7, 11) is 1.75. The number of nitrogens with zero attached hydrogens (tertiary/aromatic N) is 1. The molecule has 2 N–H and O–H groups in total. The van der Waals surface area contributed by atoms with Gasteiger partial charge in [0, 0.05) is 26.8 Å². The average molecular weight is 258 g/mol. The molecular formula is C14H30N2O2. The number of unbranched alkanes of at least 4 members (excludes halogenated alkanes) is 2. The van der Waals surface area contributed by atoms with Crippen molar-refractivity contribution < 1.29 is 9.84 Å². The third-order valence-corrected chi connectivity index (χ3v) is 3.65. The number of hydrogen-bond donors (Lipinski definition) is 2. The molecular weight excluding hydrogens is 228 g/mol. The fourth-order valence-electron chi connectivity index (χ4n) is 2.63. The van der Waals surface area contributed by atoms with Crippen molar-refractivity contribution in [2.24, 2.45) is 5.92 Å². The molecule has 0 saturated carbocycles. The number of nitrogens with one attached hydrogen (secondary N) is 1. The van der Waals surface area contributed by atoms with Crippen LogP contribution in [0.25, 0.3) is 0 Å². The van der Waals surface area contributed by atoms with Crippen LogP contribution < -0.4 is 5.32 Å². The number of methoxy groups -OCH3 is 1. The SMILES string of the molecule is COCCNCC1CCCN(CCCCCO)C1. The van der Waals surface area contributed by atoms with Crippen LogP contribution in [0.1, 0.15) is 32.1 Å². The number of rotatable bonds is 10. The Labute approximate surface area is 112 Å². The smallest absolute Gasteiger partial charge is 0.0587 e. The number of aliphatic hydroxyl groups is 1. The second-order valence-electron chi connectivity index (χ2n) is 5.29. The Kier molecular flexibility index (Phi) is 9.48. The molecule has 4 nitrogen and oxygen atoms in total. The fraction of sp³-hybridized carbons (Fsp3) is 1.00. The molecule has 1 heterocycles. The predicted octanol–water partition coefficient (Wildman–Crippen LogP) is 1.10. The van der Waals surface area contributed by atoms with Crippen LogP contribution in [0.15, 0.2) is 0 Å². The van der Waals surface area contributed by atoms with E-state index in [0.717, 1.165) is 38.5 Å². The van der Waals surface area contributed by atoms with E-state index in [1.54, 1.807) is 7.11 Å². The first-order chi connectivity index (χ1) is 8.86. The molecule has 0 aliphatic carbocycles. The molecule has 1 aliphatic heterocycles. The summed E-state index contributed by atoms with van der Waals surface area (Å²) < 4.78 is 5.04. The molecule has 1 aliphatic rings. The van der Waals surface area contributed by atoms with Crippen LogP contribution in [0.2, 0.25) is 0 Å². The van der Waals surface area contributed by atoms with Gasteiger partial charge in [0.25, 0.3) is 0 Å². The normalized spacial score (nSPS) is 21.3. The van der Waals surface area contributed by atoms with E-state index >= 15 is 0 Å². The van der Waals surface area contributed by atoms with Crippen molar-refractivity contribution in [2.45, 2.75) is 32.1 Å². The van der Waals surface area contributed by atoms with Crippen LogP contribution in [-0.4, -0.2) is 63.1 Å². The maximum atomic E-state index is 8.75. The third-order valence-electron chi connectivity index (χ3n) is 3.65. The van der Waals surface area contributed by atoms with Gasteiger partial charge in [-0.1, -0.05) is 0 Å². The maximum absolute atomic E-state index is 8.75. The van der Waals surface area contributed by atoms with Crippen LogP contribution in [0.3, 0.4) is 0 Å². The Morgan fingerprint density at radius 3 is 3.00 bits per heavy atom. The van der Waals surface area contributed by atoms with Gasteiger partial charge in [-0.3, -0.25) is 0 Å². The van der Waals surface area contributed by atoms with Gasteiger partial charge in [-0.15, -0.1) is 0 Å². The van der Waals surface area contributed by atoms with Crippen LogP contribution in [-0.2, 0) is 4.74 Å². The van der Waals surface area contributed by atoms with Crippen molar-refractivity contribution in [3.63, 3.8) is 0 Å². The minimum Gasteiger partial charge on any atom is -0.396 e. The van der Waals surface area contributed by atoms with Gasteiger partial charge in [0.1, 0.15) is 0 Å². The zero-order chi connectivity index (χ0) is 13.1. The van der Waals surface area contributed by atoms with Crippen molar-refractivity contribution in [2.75, 3.05) is 53.0 Å². The van der Waals surface area contributed by atoms with Crippen molar-refractivity contribution in [1.29, 1.82) is 0 Å². The van der Waals surface area contributed by atoms with Gasteiger partial charge < -0.3 is 20.1 Å². The third kappa shape index (κ3) is 7.31. The highest BCUT2D eigenvalue weighted by Crippen LogP contribution is 2.16. The Morgan fingerprint density at radius 1 is 1.33 bits per heavy atom. The largest absolute Gasteiger partial charge is 0.396 e. The summed E-state index contributed by atoms with van der Waals surface area (Å²) in [5, 5.41) is 12.2. The maximum Gasteiger partial charge on any atom is 0.0587 e. The summed E-state index contributed by atoms with van der Waals surface area (Å²) in [6.07, 6.45) is 6.02. The van der Waals surface area contributed by atoms with Gasteiger partial charge in [-0.25, -0.2) is 0 Å². The van der Waals surface area contributed by atoms with Crippen molar-refractivity contribution in [1.82, 2.24) is 10.2 Å². The fourth-order valence-corrected chi connectivity index (χ4v) is 2.63. The van der Waals surface area contributed by atoms with E-state index in [2.05, 4.69) is 10.2 Å². The van der Waals surface area contributed by atoms with E-state index in [4.69, 9.17) is 9.84 Å². The van der Waals surface area contributed by atoms with Gasteiger partial charge in [0.05, 0.1) is 6.61 Å². The zero-order valence-corrected chi connectivity index (χ0v) is 11.9. The van der Waals surface area contributed by atoms with Crippen LogP contribution in [0.5, 0.6) is 0 Å². The molecule has 0 bridgehead atoms. The summed E-state index contributed by atoms with van der Waals surface area (Å²) in [5.74, 6) is 0.799. The lowest BCUT2D eigenvalue weighted by Crippen LogP contribution is -2.40. The lowest BCUT2D eigenvalue weighted by molar-refractivity contribution is 0.161. The lowest BCUT2D eigenvalue weighted by Gasteiger charge is -2.32. The van der Waals surface area contributed by atoms with Gasteiger partial charge in [-0.2, -0.15) is 0 Å². The molecule has 1 rings (SSSR count). The summed E-state index contributed by atoms with van der Waals surface area (Å²) in [5.41, 5.74) is 0. The Balaban J connectivity index is 2.04. The first-order valence-corrected chi connectivity index (χ1v) is 7.39. The summed E-state index contributed by atoms with van der Waals surface area (Å²) in [6, 6.07) is 0. The number of aliphatic hydroxyl groups excluding tert-OH is 1. The van der Waals surface area contributed by atoms with Gasteiger partial charge >= 0.3 is 0 Å². The molecule has 0 aromatic rings. The molecule has 1 fully saturated rings. The second-order valence-corrected chi connectivity index (χ2v) is 5.29. The molecule has 0 aromatic carbocycles. The monoisotopic (exact) mass is 258 g/mol. The zero-order valence-electron chi connectivity index (χ0n) is 11.9. The van der Waals surface area contributed by atoms with Gasteiger partial charge in [0.15, 0.2) is 0 Å². The summed E-state index contributed by atoms with van der Waals surface area (Å²) >= 11 is 0. The summed E-state index contributed by atoms with van der Waals surface area (Å²) in [6.45, 7) is 6.92. The standard InChI is InChI=1S/C14H30N2O2/c1-18-11-7-15-12-14-6-5-9-16(13-14)8-3-2-4-10-17/h14-15,17H,2-13H2,1H3. The molecule has 0 radical (unpaired) electrons. The number of hydrogen-bond acceptors (Lipinski definition) is 4. The van der Waals surface area contributed by atoms with Crippen LogP contribution in [0.4, 0.5) is 0 Å². The first kappa shape index (κ1) is 15.9. The molecule has 0 amide bonds. The van der Waals surface area contributed by atoms with Crippen molar-refractivity contribution in [3.8, 4) is 0 Å². The Hall–Kier alpha value is -0.160. The molecule has 1 saturated heterocycles. The predicted molar refractivity (Wildman–Crippen MR) is 74.8 cm³/mol. The summed E-state index contributed by atoms with van der Waals surface area (Å²) in [4.78, 5) is 2.59. The highest BCUT2D eigenvalue weighted by atomic mass is 16.5. The van der Waals surface area contributed by atoms with Crippen LogP contribution >= 0.6 is 0 Å². The number of ether oxygens (including phenoxy) is 1. The minimum absolute atomic E-state index is 0.339. The molecule has 1 atom stereocenters. The van der Waals surface area contributed by atoms with Gasteiger partial charge in [0.2, 0.25) is 0 Å². The van der Waals surface area contributed by atoms with E-state index < -0.39 is 0 Å². The molecule has 4 heteroatoms. The molecule has 1 unspecified atom stereocenters. The molecule has 0 spiro atoms. The van der Waals surface area contributed by atoms with E-state index in [1.165, 1.54) is 38.9 Å². The number of likely N-dealkylation sites (tertiary alicyclic amines) is 1. The topological polar surface area (TPSA) is 44.7 Å². The molecule has 108 valence electrons. The van der Waals surface area contributed by atoms with E-state index in [-0.39, 0.29) is 0 Å². The number of piperidine rings is 1. The Bertz CT molecular complexity index is 173.